The number of hydrogen-bond acceptors (Lipinski definition) is 1. The third-order valence-electron chi connectivity index (χ3n) is 2.38. The topological polar surface area (TPSA) is 13.1 Å². The van der Waals surface area contributed by atoms with Crippen molar-refractivity contribution in [2.24, 2.45) is 0 Å². The van der Waals surface area contributed by atoms with Crippen LogP contribution >= 0.6 is 0 Å². The Morgan fingerprint density at radius 2 is 2.21 bits per heavy atom. The molecular formula is C12H13FO. The highest BCUT2D eigenvalue weighted by atomic mass is 19.1. The summed E-state index contributed by atoms with van der Waals surface area (Å²) in [4.78, 5) is 0. The monoisotopic (exact) mass is 192 g/mol. The van der Waals surface area contributed by atoms with Gasteiger partial charge in [0.05, 0.1) is 6.26 Å². The molecule has 0 saturated carbocycles. The molecule has 2 rings (SSSR count). The van der Waals surface area contributed by atoms with Gasteiger partial charge in [-0.1, -0.05) is 13.3 Å². The Morgan fingerprint density at radius 1 is 1.36 bits per heavy atom. The molecular weight excluding hydrogens is 179 g/mol. The average molecular weight is 192 g/mol. The van der Waals surface area contributed by atoms with Crippen molar-refractivity contribution in [2.75, 3.05) is 0 Å². The number of unbranched alkanes of at least 4 members (excludes halogenated alkanes) is 1. The minimum absolute atomic E-state index is 0.251. The summed E-state index contributed by atoms with van der Waals surface area (Å²) in [6, 6.07) is 5.37. The van der Waals surface area contributed by atoms with E-state index in [0.717, 1.165) is 30.2 Å². The van der Waals surface area contributed by atoms with Gasteiger partial charge in [-0.3, -0.25) is 0 Å². The second-order valence-electron chi connectivity index (χ2n) is 3.52. The van der Waals surface area contributed by atoms with E-state index in [4.69, 9.17) is 4.42 Å². The Kier molecular flexibility index (Phi) is 2.53. The summed E-state index contributed by atoms with van der Waals surface area (Å²) in [5.74, 6) is -0.251. The van der Waals surface area contributed by atoms with Crippen molar-refractivity contribution in [2.45, 2.75) is 26.2 Å². The fraction of sp³-hybridized carbons (Fsp3) is 0.333. The van der Waals surface area contributed by atoms with Gasteiger partial charge < -0.3 is 4.42 Å². The lowest BCUT2D eigenvalue weighted by Gasteiger charge is -2.00. The molecule has 0 N–H and O–H groups in total. The zero-order valence-corrected chi connectivity index (χ0v) is 8.22. The number of benzene rings is 1. The van der Waals surface area contributed by atoms with Crippen LogP contribution in [0.25, 0.3) is 11.0 Å². The first-order valence-electron chi connectivity index (χ1n) is 4.97. The summed E-state index contributed by atoms with van der Waals surface area (Å²) in [6.07, 6.45) is 4.69. The van der Waals surface area contributed by atoms with Gasteiger partial charge in [-0.15, -0.1) is 0 Å². The van der Waals surface area contributed by atoms with Crippen molar-refractivity contribution in [3.63, 3.8) is 0 Å². The van der Waals surface area contributed by atoms with Gasteiger partial charge in [-0.25, -0.2) is 4.39 Å². The fourth-order valence-electron chi connectivity index (χ4n) is 1.62. The van der Waals surface area contributed by atoms with Crippen LogP contribution in [0.3, 0.4) is 0 Å². The van der Waals surface area contributed by atoms with Crippen LogP contribution < -0.4 is 0 Å². The van der Waals surface area contributed by atoms with Gasteiger partial charge in [0, 0.05) is 5.39 Å². The van der Waals surface area contributed by atoms with Crippen LogP contribution in [0.5, 0.6) is 0 Å². The number of fused-ring (bicyclic) bond motifs is 1. The van der Waals surface area contributed by atoms with Gasteiger partial charge in [0.1, 0.15) is 0 Å². The smallest absolute Gasteiger partial charge is 0.169 e. The molecule has 0 spiro atoms. The van der Waals surface area contributed by atoms with Crippen LogP contribution in [0.15, 0.2) is 28.9 Å². The molecule has 0 saturated heterocycles. The maximum Gasteiger partial charge on any atom is 0.169 e. The van der Waals surface area contributed by atoms with Gasteiger partial charge in [0.2, 0.25) is 0 Å². The second-order valence-corrected chi connectivity index (χ2v) is 3.52. The largest absolute Gasteiger partial charge is 0.461 e. The van der Waals surface area contributed by atoms with Gasteiger partial charge >= 0.3 is 0 Å². The lowest BCUT2D eigenvalue weighted by molar-refractivity contribution is 0.559. The molecule has 0 radical (unpaired) electrons. The quantitative estimate of drug-likeness (QED) is 0.718. The molecule has 0 aliphatic rings. The number of aryl methyl sites for hydroxylation is 1. The SMILES string of the molecule is CCCCc1cc(F)c2occc2c1. The van der Waals surface area contributed by atoms with Crippen LogP contribution in [0, 0.1) is 5.82 Å². The molecule has 1 nitrogen and oxygen atoms in total. The predicted molar refractivity (Wildman–Crippen MR) is 54.8 cm³/mol. The molecule has 0 unspecified atom stereocenters. The van der Waals surface area contributed by atoms with Crippen molar-refractivity contribution in [3.8, 4) is 0 Å². The number of rotatable bonds is 3. The zero-order chi connectivity index (χ0) is 9.97. The molecule has 0 bridgehead atoms. The van der Waals surface area contributed by atoms with Gasteiger partial charge in [-0.2, -0.15) is 0 Å². The van der Waals surface area contributed by atoms with E-state index >= 15 is 0 Å². The first-order chi connectivity index (χ1) is 6.81. The standard InChI is InChI=1S/C12H13FO/c1-2-3-4-9-7-10-5-6-14-12(10)11(13)8-9/h5-8H,2-4H2,1H3. The number of hydrogen-bond donors (Lipinski definition) is 0. The molecule has 0 fully saturated rings. The van der Waals surface area contributed by atoms with E-state index in [0.29, 0.717) is 5.58 Å². The normalized spacial score (nSPS) is 11.0. The molecule has 14 heavy (non-hydrogen) atoms. The number of halogens is 1. The maximum atomic E-state index is 13.4. The summed E-state index contributed by atoms with van der Waals surface area (Å²) < 4.78 is 18.4. The van der Waals surface area contributed by atoms with Crippen molar-refractivity contribution in [3.05, 3.63) is 35.8 Å². The van der Waals surface area contributed by atoms with E-state index in [-0.39, 0.29) is 5.82 Å². The summed E-state index contributed by atoms with van der Waals surface area (Å²) in [5, 5.41) is 0.858. The third kappa shape index (κ3) is 1.65. The second kappa shape index (κ2) is 3.82. The molecule has 0 aliphatic heterocycles. The Hall–Kier alpha value is -1.31. The van der Waals surface area contributed by atoms with E-state index in [1.807, 2.05) is 6.07 Å². The van der Waals surface area contributed by atoms with Crippen molar-refractivity contribution >= 4 is 11.0 Å². The van der Waals surface area contributed by atoms with Gasteiger partial charge in [0.15, 0.2) is 11.4 Å². The van der Waals surface area contributed by atoms with Crippen LogP contribution in [0.1, 0.15) is 25.3 Å². The highest BCUT2D eigenvalue weighted by Crippen LogP contribution is 2.21. The van der Waals surface area contributed by atoms with Crippen molar-refractivity contribution < 1.29 is 8.81 Å². The zero-order valence-electron chi connectivity index (χ0n) is 8.22. The Balaban J connectivity index is 2.38. The van der Waals surface area contributed by atoms with Crippen LogP contribution in [-0.2, 0) is 6.42 Å². The van der Waals surface area contributed by atoms with E-state index < -0.39 is 0 Å². The molecule has 2 aromatic rings. The van der Waals surface area contributed by atoms with Crippen LogP contribution in [0.2, 0.25) is 0 Å². The predicted octanol–water partition coefficient (Wildman–Crippen LogP) is 3.91. The Morgan fingerprint density at radius 3 is 3.00 bits per heavy atom. The molecule has 1 aromatic carbocycles. The van der Waals surface area contributed by atoms with Gasteiger partial charge in [0.25, 0.3) is 0 Å². The molecule has 74 valence electrons. The summed E-state index contributed by atoms with van der Waals surface area (Å²) in [7, 11) is 0. The molecule has 0 amide bonds. The lowest BCUT2D eigenvalue weighted by Crippen LogP contribution is -1.86. The highest BCUT2D eigenvalue weighted by Gasteiger charge is 2.05. The van der Waals surface area contributed by atoms with Crippen LogP contribution in [-0.4, -0.2) is 0 Å². The van der Waals surface area contributed by atoms with E-state index in [9.17, 15) is 4.39 Å². The highest BCUT2D eigenvalue weighted by molar-refractivity contribution is 5.78. The average Bonchev–Trinajstić information content (AvgIpc) is 2.63. The maximum absolute atomic E-state index is 13.4. The van der Waals surface area contributed by atoms with Gasteiger partial charge in [-0.05, 0) is 36.6 Å². The lowest BCUT2D eigenvalue weighted by atomic mass is 10.1. The summed E-state index contributed by atoms with van der Waals surface area (Å²) >= 11 is 0. The third-order valence-corrected chi connectivity index (χ3v) is 2.38. The number of furan rings is 1. The minimum Gasteiger partial charge on any atom is -0.461 e. The fourth-order valence-corrected chi connectivity index (χ4v) is 1.62. The first kappa shape index (κ1) is 9.25. The Labute approximate surface area is 82.5 Å². The van der Waals surface area contributed by atoms with E-state index in [2.05, 4.69) is 6.92 Å². The first-order valence-corrected chi connectivity index (χ1v) is 4.97. The van der Waals surface area contributed by atoms with E-state index in [1.165, 1.54) is 6.26 Å². The molecule has 2 heteroatoms. The minimum atomic E-state index is -0.251. The van der Waals surface area contributed by atoms with Crippen molar-refractivity contribution in [1.29, 1.82) is 0 Å². The van der Waals surface area contributed by atoms with E-state index in [1.54, 1.807) is 12.1 Å². The van der Waals surface area contributed by atoms with Crippen LogP contribution in [0.4, 0.5) is 4.39 Å². The summed E-state index contributed by atoms with van der Waals surface area (Å²) in [6.45, 7) is 2.13. The molecule has 1 aromatic heterocycles. The molecule has 0 aliphatic carbocycles. The molecule has 0 atom stereocenters. The summed E-state index contributed by atoms with van der Waals surface area (Å²) in [5.41, 5.74) is 1.42. The molecule has 1 heterocycles. The van der Waals surface area contributed by atoms with Crippen molar-refractivity contribution in [1.82, 2.24) is 0 Å². The Bertz CT molecular complexity index is 431.